The third kappa shape index (κ3) is 6.73. The Morgan fingerprint density at radius 1 is 1.12 bits per heavy atom. The molecule has 0 aromatic heterocycles. The average Bonchev–Trinajstić information content (AvgIpc) is 2.66. The van der Waals surface area contributed by atoms with Crippen molar-refractivity contribution in [3.05, 3.63) is 42.0 Å². The van der Waals surface area contributed by atoms with Crippen LogP contribution in [0.15, 0.2) is 36.4 Å². The van der Waals surface area contributed by atoms with Crippen LogP contribution in [-0.4, -0.2) is 36.3 Å². The number of hydrogen-bond acceptors (Lipinski definition) is 2. The van der Waals surface area contributed by atoms with Crippen LogP contribution in [0.1, 0.15) is 51.0 Å². The molecule has 0 radical (unpaired) electrons. The number of carbonyl (C=O) groups excluding carboxylic acids is 2. The lowest BCUT2D eigenvalue weighted by atomic mass is 9.95. The number of nitrogens with zero attached hydrogens (tertiary/aromatic N) is 1. The van der Waals surface area contributed by atoms with Crippen LogP contribution in [0.4, 0.5) is 0 Å². The minimum Gasteiger partial charge on any atom is -0.356 e. The van der Waals surface area contributed by atoms with Crippen molar-refractivity contribution in [2.45, 2.75) is 45.4 Å². The summed E-state index contributed by atoms with van der Waals surface area (Å²) in [6.45, 7) is 4.28. The molecule has 1 aliphatic heterocycles. The van der Waals surface area contributed by atoms with Gasteiger partial charge in [-0.15, -0.1) is 0 Å². The summed E-state index contributed by atoms with van der Waals surface area (Å²) in [5, 5.41) is 3.05. The van der Waals surface area contributed by atoms with E-state index in [4.69, 9.17) is 0 Å². The topological polar surface area (TPSA) is 49.4 Å². The standard InChI is InChI=1S/C21H30N2O2/c1-2-3-4-8-15-22-21(25)19-13-16-23(17-14-19)20(24)12-11-18-9-6-5-7-10-18/h5-7,9-12,19H,2-4,8,13-17H2,1H3,(H,22,25)/b12-11+. The molecule has 25 heavy (non-hydrogen) atoms. The summed E-state index contributed by atoms with van der Waals surface area (Å²) in [7, 11) is 0. The van der Waals surface area contributed by atoms with Gasteiger partial charge in [0.2, 0.25) is 11.8 Å². The fourth-order valence-corrected chi connectivity index (χ4v) is 3.11. The molecule has 0 saturated carbocycles. The van der Waals surface area contributed by atoms with Crippen molar-refractivity contribution in [3.63, 3.8) is 0 Å². The molecule has 1 N–H and O–H groups in total. The SMILES string of the molecule is CCCCCCNC(=O)C1CCN(C(=O)/C=C/c2ccccc2)CC1. The van der Waals surface area contributed by atoms with E-state index < -0.39 is 0 Å². The van der Waals surface area contributed by atoms with Gasteiger partial charge in [-0.2, -0.15) is 0 Å². The van der Waals surface area contributed by atoms with Gasteiger partial charge in [-0.05, 0) is 30.9 Å². The molecule has 1 fully saturated rings. The molecule has 1 aromatic rings. The molecular weight excluding hydrogens is 312 g/mol. The van der Waals surface area contributed by atoms with Crippen LogP contribution >= 0.6 is 0 Å². The summed E-state index contributed by atoms with van der Waals surface area (Å²) >= 11 is 0. The molecule has 0 spiro atoms. The largest absolute Gasteiger partial charge is 0.356 e. The molecule has 1 saturated heterocycles. The van der Waals surface area contributed by atoms with Crippen LogP contribution in [0.25, 0.3) is 6.08 Å². The monoisotopic (exact) mass is 342 g/mol. The highest BCUT2D eigenvalue weighted by Crippen LogP contribution is 2.18. The van der Waals surface area contributed by atoms with Gasteiger partial charge in [0, 0.05) is 31.6 Å². The van der Waals surface area contributed by atoms with Crippen molar-refractivity contribution in [1.29, 1.82) is 0 Å². The first-order valence-electron chi connectivity index (χ1n) is 9.50. The second kappa shape index (κ2) is 10.7. The van der Waals surface area contributed by atoms with Crippen LogP contribution in [-0.2, 0) is 9.59 Å². The van der Waals surface area contributed by atoms with Crippen LogP contribution in [0.5, 0.6) is 0 Å². The molecular formula is C21H30N2O2. The lowest BCUT2D eigenvalue weighted by Crippen LogP contribution is -2.42. The molecule has 4 heteroatoms. The van der Waals surface area contributed by atoms with Gasteiger partial charge < -0.3 is 10.2 Å². The van der Waals surface area contributed by atoms with Crippen molar-refractivity contribution in [1.82, 2.24) is 10.2 Å². The Kier molecular flexibility index (Phi) is 8.23. The summed E-state index contributed by atoms with van der Waals surface area (Å²) in [5.41, 5.74) is 1.02. The van der Waals surface area contributed by atoms with E-state index in [-0.39, 0.29) is 17.7 Å². The molecule has 0 unspecified atom stereocenters. The number of benzene rings is 1. The molecule has 1 aromatic carbocycles. The zero-order chi connectivity index (χ0) is 17.9. The Bertz CT molecular complexity index is 561. The van der Waals surface area contributed by atoms with E-state index in [0.29, 0.717) is 13.1 Å². The minimum absolute atomic E-state index is 0.0299. The second-order valence-electron chi connectivity index (χ2n) is 6.70. The van der Waals surface area contributed by atoms with Gasteiger partial charge in [0.05, 0.1) is 0 Å². The third-order valence-electron chi connectivity index (χ3n) is 4.72. The normalized spacial score (nSPS) is 15.5. The lowest BCUT2D eigenvalue weighted by molar-refractivity contribution is -0.132. The molecule has 1 aliphatic rings. The van der Waals surface area contributed by atoms with Crippen molar-refractivity contribution >= 4 is 17.9 Å². The number of nitrogens with one attached hydrogen (secondary N) is 1. The Morgan fingerprint density at radius 3 is 2.52 bits per heavy atom. The number of likely N-dealkylation sites (tertiary alicyclic amines) is 1. The fourth-order valence-electron chi connectivity index (χ4n) is 3.11. The van der Waals surface area contributed by atoms with Crippen LogP contribution in [0, 0.1) is 5.92 Å². The number of unbranched alkanes of at least 4 members (excludes halogenated alkanes) is 3. The first-order chi connectivity index (χ1) is 12.2. The third-order valence-corrected chi connectivity index (χ3v) is 4.72. The number of piperidine rings is 1. The zero-order valence-corrected chi connectivity index (χ0v) is 15.2. The number of amides is 2. The van der Waals surface area contributed by atoms with Crippen molar-refractivity contribution < 1.29 is 9.59 Å². The summed E-state index contributed by atoms with van der Waals surface area (Å²) < 4.78 is 0. The Labute approximate surface area is 151 Å². The van der Waals surface area contributed by atoms with E-state index in [0.717, 1.165) is 31.4 Å². The van der Waals surface area contributed by atoms with E-state index in [1.807, 2.05) is 41.3 Å². The van der Waals surface area contributed by atoms with Crippen molar-refractivity contribution in [3.8, 4) is 0 Å². The average molecular weight is 342 g/mol. The molecule has 0 bridgehead atoms. The molecule has 2 amide bonds. The predicted molar refractivity (Wildman–Crippen MR) is 102 cm³/mol. The zero-order valence-electron chi connectivity index (χ0n) is 15.2. The minimum atomic E-state index is 0.0299. The molecule has 136 valence electrons. The predicted octanol–water partition coefficient (Wildman–Crippen LogP) is 3.63. The summed E-state index contributed by atoms with van der Waals surface area (Å²) in [6.07, 6.45) is 9.66. The van der Waals surface area contributed by atoms with Gasteiger partial charge in [-0.25, -0.2) is 0 Å². The highest BCUT2D eigenvalue weighted by molar-refractivity contribution is 5.92. The Hall–Kier alpha value is -2.10. The maximum atomic E-state index is 12.3. The first kappa shape index (κ1) is 19.2. The van der Waals surface area contributed by atoms with Gasteiger partial charge in [0.15, 0.2) is 0 Å². The molecule has 4 nitrogen and oxygen atoms in total. The van der Waals surface area contributed by atoms with Gasteiger partial charge in [0.25, 0.3) is 0 Å². The number of carbonyl (C=O) groups is 2. The molecule has 0 aliphatic carbocycles. The van der Waals surface area contributed by atoms with E-state index >= 15 is 0 Å². The highest BCUT2D eigenvalue weighted by Gasteiger charge is 2.26. The van der Waals surface area contributed by atoms with Gasteiger partial charge in [-0.3, -0.25) is 9.59 Å². The van der Waals surface area contributed by atoms with Gasteiger partial charge in [0.1, 0.15) is 0 Å². The Balaban J connectivity index is 1.69. The lowest BCUT2D eigenvalue weighted by Gasteiger charge is -2.30. The van der Waals surface area contributed by atoms with E-state index in [1.165, 1.54) is 19.3 Å². The maximum Gasteiger partial charge on any atom is 0.246 e. The van der Waals surface area contributed by atoms with Crippen LogP contribution in [0.2, 0.25) is 0 Å². The molecule has 1 heterocycles. The number of rotatable bonds is 8. The summed E-state index contributed by atoms with van der Waals surface area (Å²) in [4.78, 5) is 26.3. The van der Waals surface area contributed by atoms with Gasteiger partial charge >= 0.3 is 0 Å². The van der Waals surface area contributed by atoms with E-state index in [9.17, 15) is 9.59 Å². The second-order valence-corrected chi connectivity index (χ2v) is 6.70. The van der Waals surface area contributed by atoms with Crippen LogP contribution in [0.3, 0.4) is 0 Å². The van der Waals surface area contributed by atoms with Crippen molar-refractivity contribution in [2.24, 2.45) is 5.92 Å². The Morgan fingerprint density at radius 2 is 1.84 bits per heavy atom. The molecule has 0 atom stereocenters. The van der Waals surface area contributed by atoms with Crippen molar-refractivity contribution in [2.75, 3.05) is 19.6 Å². The maximum absolute atomic E-state index is 12.3. The summed E-state index contributed by atoms with van der Waals surface area (Å²) in [6, 6.07) is 9.81. The summed E-state index contributed by atoms with van der Waals surface area (Å²) in [5.74, 6) is 0.235. The molecule has 2 rings (SSSR count). The highest BCUT2D eigenvalue weighted by atomic mass is 16.2. The number of hydrogen-bond donors (Lipinski definition) is 1. The van der Waals surface area contributed by atoms with E-state index in [2.05, 4.69) is 12.2 Å². The quantitative estimate of drug-likeness (QED) is 0.579. The first-order valence-corrected chi connectivity index (χ1v) is 9.50. The fraction of sp³-hybridized carbons (Fsp3) is 0.524. The van der Waals surface area contributed by atoms with Crippen LogP contribution < -0.4 is 5.32 Å². The smallest absolute Gasteiger partial charge is 0.246 e. The van der Waals surface area contributed by atoms with Gasteiger partial charge in [-0.1, -0.05) is 56.5 Å². The van der Waals surface area contributed by atoms with E-state index in [1.54, 1.807) is 6.08 Å².